The minimum atomic E-state index is 0.221. The molecule has 1 aromatic heterocycles. The number of hydrogen-bond donors (Lipinski definition) is 1. The van der Waals surface area contributed by atoms with Crippen LogP contribution in [0.2, 0.25) is 10.0 Å². The molecular formula is C12H10Cl2N2O2. The van der Waals surface area contributed by atoms with E-state index in [-0.39, 0.29) is 5.88 Å². The van der Waals surface area contributed by atoms with Crippen molar-refractivity contribution in [2.75, 3.05) is 12.8 Å². The van der Waals surface area contributed by atoms with E-state index < -0.39 is 0 Å². The Morgan fingerprint density at radius 1 is 1.17 bits per heavy atom. The number of anilines is 1. The van der Waals surface area contributed by atoms with Crippen molar-refractivity contribution < 1.29 is 9.47 Å². The summed E-state index contributed by atoms with van der Waals surface area (Å²) in [5.41, 5.74) is 6.14. The van der Waals surface area contributed by atoms with Gasteiger partial charge in [0.05, 0.1) is 17.8 Å². The monoisotopic (exact) mass is 284 g/mol. The molecule has 0 aliphatic carbocycles. The average molecular weight is 285 g/mol. The van der Waals surface area contributed by atoms with Crippen LogP contribution in [0.1, 0.15) is 0 Å². The fraction of sp³-hybridized carbons (Fsp3) is 0.0833. The zero-order chi connectivity index (χ0) is 13.1. The molecule has 0 atom stereocenters. The van der Waals surface area contributed by atoms with E-state index in [2.05, 4.69) is 4.98 Å². The Kier molecular flexibility index (Phi) is 3.79. The van der Waals surface area contributed by atoms with E-state index in [0.717, 1.165) is 0 Å². The number of aromatic nitrogens is 1. The topological polar surface area (TPSA) is 57.4 Å². The third-order valence-corrected chi connectivity index (χ3v) is 3.00. The quantitative estimate of drug-likeness (QED) is 0.932. The summed E-state index contributed by atoms with van der Waals surface area (Å²) in [7, 11) is 1.51. The van der Waals surface area contributed by atoms with Crippen LogP contribution in [-0.2, 0) is 0 Å². The minimum absolute atomic E-state index is 0.221. The van der Waals surface area contributed by atoms with Gasteiger partial charge in [-0.2, -0.15) is 4.98 Å². The van der Waals surface area contributed by atoms with Crippen molar-refractivity contribution >= 4 is 28.9 Å². The van der Waals surface area contributed by atoms with E-state index in [1.165, 1.54) is 7.11 Å². The summed E-state index contributed by atoms with van der Waals surface area (Å²) in [4.78, 5) is 4.09. The van der Waals surface area contributed by atoms with Crippen LogP contribution >= 0.6 is 23.2 Å². The second-order valence-corrected chi connectivity index (χ2v) is 4.19. The number of nitrogens with zero attached hydrogens (tertiary/aromatic N) is 1. The Labute approximate surface area is 114 Å². The summed E-state index contributed by atoms with van der Waals surface area (Å²) in [6.07, 6.45) is 0. The smallest absolute Gasteiger partial charge is 0.246 e. The predicted octanol–water partition coefficient (Wildman–Crippen LogP) is 3.77. The number of rotatable bonds is 3. The normalized spacial score (nSPS) is 10.2. The summed E-state index contributed by atoms with van der Waals surface area (Å²) < 4.78 is 10.5. The van der Waals surface area contributed by atoms with Crippen molar-refractivity contribution in [1.29, 1.82) is 0 Å². The van der Waals surface area contributed by atoms with Crippen molar-refractivity contribution in [1.82, 2.24) is 4.98 Å². The third kappa shape index (κ3) is 2.60. The van der Waals surface area contributed by atoms with Crippen molar-refractivity contribution in [3.05, 3.63) is 40.4 Å². The average Bonchev–Trinajstić information content (AvgIpc) is 2.37. The van der Waals surface area contributed by atoms with Gasteiger partial charge in [0, 0.05) is 6.07 Å². The maximum absolute atomic E-state index is 6.01. The second-order valence-electron chi connectivity index (χ2n) is 3.40. The van der Waals surface area contributed by atoms with Gasteiger partial charge in [-0.15, -0.1) is 0 Å². The minimum Gasteiger partial charge on any atom is -0.481 e. The number of benzene rings is 1. The van der Waals surface area contributed by atoms with Gasteiger partial charge < -0.3 is 15.2 Å². The van der Waals surface area contributed by atoms with E-state index in [1.54, 1.807) is 30.3 Å². The molecule has 0 fully saturated rings. The van der Waals surface area contributed by atoms with E-state index >= 15 is 0 Å². The molecule has 0 unspecified atom stereocenters. The van der Waals surface area contributed by atoms with E-state index in [4.69, 9.17) is 38.4 Å². The Bertz CT molecular complexity index is 576. The van der Waals surface area contributed by atoms with E-state index in [1.807, 2.05) is 0 Å². The first-order valence-corrected chi connectivity index (χ1v) is 5.80. The molecule has 0 spiro atoms. The number of nitrogens with two attached hydrogens (primary N) is 1. The van der Waals surface area contributed by atoms with Gasteiger partial charge in [0.1, 0.15) is 10.8 Å². The Morgan fingerprint density at radius 2 is 1.94 bits per heavy atom. The molecule has 2 rings (SSSR count). The zero-order valence-electron chi connectivity index (χ0n) is 9.48. The summed E-state index contributed by atoms with van der Waals surface area (Å²) in [5.74, 6) is 1.01. The summed E-state index contributed by atoms with van der Waals surface area (Å²) in [6, 6.07) is 8.34. The molecule has 2 aromatic rings. The zero-order valence-corrected chi connectivity index (χ0v) is 11.0. The molecule has 0 aliphatic rings. The van der Waals surface area contributed by atoms with Crippen LogP contribution in [-0.4, -0.2) is 12.1 Å². The molecule has 4 nitrogen and oxygen atoms in total. The van der Waals surface area contributed by atoms with Gasteiger partial charge in [-0.1, -0.05) is 29.3 Å². The van der Waals surface area contributed by atoms with Crippen molar-refractivity contribution in [2.45, 2.75) is 0 Å². The van der Waals surface area contributed by atoms with Gasteiger partial charge in [-0.25, -0.2) is 0 Å². The fourth-order valence-electron chi connectivity index (χ4n) is 1.30. The molecule has 6 heteroatoms. The first-order chi connectivity index (χ1) is 8.61. The van der Waals surface area contributed by atoms with Crippen LogP contribution in [0.15, 0.2) is 30.3 Å². The van der Waals surface area contributed by atoms with Crippen molar-refractivity contribution in [2.24, 2.45) is 0 Å². The Morgan fingerprint density at radius 3 is 2.67 bits per heavy atom. The molecule has 94 valence electrons. The standard InChI is InChI=1S/C12H10Cl2N2O2/c1-17-10-6-5-8(15)12(16-10)18-9-4-2-3-7(13)11(9)14/h2-6H,15H2,1H3. The van der Waals surface area contributed by atoms with Crippen molar-refractivity contribution in [3.63, 3.8) is 0 Å². The molecule has 1 aromatic carbocycles. The van der Waals surface area contributed by atoms with Gasteiger partial charge in [-0.05, 0) is 18.2 Å². The maximum Gasteiger partial charge on any atom is 0.246 e. The van der Waals surface area contributed by atoms with E-state index in [0.29, 0.717) is 27.4 Å². The first kappa shape index (κ1) is 12.8. The number of halogens is 2. The molecule has 0 saturated carbocycles. The molecule has 0 saturated heterocycles. The highest BCUT2D eigenvalue weighted by Gasteiger charge is 2.10. The highest BCUT2D eigenvalue weighted by Crippen LogP contribution is 2.36. The van der Waals surface area contributed by atoms with Gasteiger partial charge in [0.25, 0.3) is 0 Å². The number of hydrogen-bond acceptors (Lipinski definition) is 4. The van der Waals surface area contributed by atoms with Gasteiger partial charge >= 0.3 is 0 Å². The number of pyridine rings is 1. The molecule has 1 heterocycles. The lowest BCUT2D eigenvalue weighted by Gasteiger charge is -2.10. The van der Waals surface area contributed by atoms with Gasteiger partial charge in [-0.3, -0.25) is 0 Å². The fourth-order valence-corrected chi connectivity index (χ4v) is 1.63. The van der Waals surface area contributed by atoms with E-state index in [9.17, 15) is 0 Å². The number of methoxy groups -OCH3 is 1. The third-order valence-electron chi connectivity index (χ3n) is 2.20. The Hall–Kier alpha value is -1.65. The van der Waals surface area contributed by atoms with Crippen LogP contribution in [0, 0.1) is 0 Å². The molecule has 0 aliphatic heterocycles. The summed E-state index contributed by atoms with van der Waals surface area (Å²) in [6.45, 7) is 0. The molecule has 0 amide bonds. The highest BCUT2D eigenvalue weighted by atomic mass is 35.5. The number of nitrogen functional groups attached to an aromatic ring is 1. The maximum atomic E-state index is 6.01. The van der Waals surface area contributed by atoms with Crippen LogP contribution in [0.25, 0.3) is 0 Å². The molecular weight excluding hydrogens is 275 g/mol. The Balaban J connectivity index is 2.36. The van der Waals surface area contributed by atoms with Crippen molar-refractivity contribution in [3.8, 4) is 17.5 Å². The van der Waals surface area contributed by atoms with Gasteiger partial charge in [0.15, 0.2) is 0 Å². The van der Waals surface area contributed by atoms with Crippen LogP contribution in [0.3, 0.4) is 0 Å². The molecule has 0 radical (unpaired) electrons. The predicted molar refractivity (Wildman–Crippen MR) is 71.7 cm³/mol. The largest absolute Gasteiger partial charge is 0.481 e. The highest BCUT2D eigenvalue weighted by molar-refractivity contribution is 6.42. The first-order valence-electron chi connectivity index (χ1n) is 5.04. The van der Waals surface area contributed by atoms with Gasteiger partial charge in [0.2, 0.25) is 11.8 Å². The molecule has 2 N–H and O–H groups in total. The molecule has 0 bridgehead atoms. The summed E-state index contributed by atoms with van der Waals surface area (Å²) >= 11 is 11.9. The van der Waals surface area contributed by atoms with Crippen LogP contribution in [0.4, 0.5) is 5.69 Å². The molecule has 18 heavy (non-hydrogen) atoms. The van der Waals surface area contributed by atoms with Crippen LogP contribution in [0.5, 0.6) is 17.5 Å². The second kappa shape index (κ2) is 5.33. The van der Waals surface area contributed by atoms with Crippen LogP contribution < -0.4 is 15.2 Å². The lowest BCUT2D eigenvalue weighted by molar-refractivity contribution is 0.384. The number of ether oxygens (including phenoxy) is 2. The lowest BCUT2D eigenvalue weighted by Crippen LogP contribution is -1.97. The summed E-state index contributed by atoms with van der Waals surface area (Å²) in [5, 5.41) is 0.707. The SMILES string of the molecule is COc1ccc(N)c(Oc2cccc(Cl)c2Cl)n1. The lowest BCUT2D eigenvalue weighted by atomic mass is 10.3.